The Labute approximate surface area is 135 Å². The highest BCUT2D eigenvalue weighted by Crippen LogP contribution is 2.95. The first-order chi connectivity index (χ1) is 11.2. The van der Waals surface area contributed by atoms with E-state index in [0.717, 1.165) is 12.8 Å². The van der Waals surface area contributed by atoms with Crippen LogP contribution in [0.15, 0.2) is 24.3 Å². The van der Waals surface area contributed by atoms with Crippen LogP contribution in [-0.2, 0) is 5.41 Å². The lowest BCUT2D eigenvalue weighted by Gasteiger charge is -2.24. The topological polar surface area (TPSA) is 71.4 Å². The van der Waals surface area contributed by atoms with Crippen LogP contribution in [0, 0.1) is 68.5 Å². The van der Waals surface area contributed by atoms with Crippen molar-refractivity contribution in [1.29, 1.82) is 15.8 Å². The SMILES string of the molecule is N#CC1(C#N)CC23C4[C@@H](c5ccccc5C42C#N)C2CCC1[C@@H]23. The van der Waals surface area contributed by atoms with Crippen LogP contribution in [0.1, 0.15) is 36.3 Å². The predicted molar refractivity (Wildman–Crippen MR) is 80.4 cm³/mol. The normalized spacial score (nSPS) is 51.1. The van der Waals surface area contributed by atoms with Crippen molar-refractivity contribution < 1.29 is 0 Å². The summed E-state index contributed by atoms with van der Waals surface area (Å²) in [4.78, 5) is 0. The fourth-order valence-corrected chi connectivity index (χ4v) is 8.06. The molecule has 5 aliphatic carbocycles. The molecule has 0 radical (unpaired) electrons. The zero-order valence-electron chi connectivity index (χ0n) is 12.7. The standard InChI is InChI=1S/C20H15N3/c21-8-18(9-22)7-19-16-12(5-6-14(16)18)15-11-3-1-2-4-13(11)20(19,10-23)17(15)19/h1-4,12,14-17H,5-7H2/t12?,14?,15-,16+,17?,19?,20?/m0/s1. The lowest BCUT2D eigenvalue weighted by atomic mass is 9.76. The Morgan fingerprint density at radius 1 is 1.00 bits per heavy atom. The second-order valence-corrected chi connectivity index (χ2v) is 8.30. The largest absolute Gasteiger partial charge is 0.197 e. The third kappa shape index (κ3) is 0.839. The van der Waals surface area contributed by atoms with Gasteiger partial charge in [0.2, 0.25) is 0 Å². The second-order valence-electron chi connectivity index (χ2n) is 8.30. The van der Waals surface area contributed by atoms with Crippen molar-refractivity contribution in [3.05, 3.63) is 35.4 Å². The molecule has 3 nitrogen and oxygen atoms in total. The summed E-state index contributed by atoms with van der Waals surface area (Å²) in [5.41, 5.74) is 1.26. The predicted octanol–water partition coefficient (Wildman–Crippen LogP) is 3.25. The van der Waals surface area contributed by atoms with Gasteiger partial charge in [0.1, 0.15) is 5.41 Å². The van der Waals surface area contributed by atoms with E-state index in [4.69, 9.17) is 0 Å². The number of hydrogen-bond acceptors (Lipinski definition) is 3. The molecule has 0 saturated heterocycles. The molecule has 1 aromatic rings. The van der Waals surface area contributed by atoms with Crippen LogP contribution < -0.4 is 0 Å². The smallest absolute Gasteiger partial charge is 0.147 e. The molecule has 0 amide bonds. The van der Waals surface area contributed by atoms with E-state index < -0.39 is 10.8 Å². The Hall–Kier alpha value is -2.31. The van der Waals surface area contributed by atoms with E-state index in [-0.39, 0.29) is 11.3 Å². The minimum atomic E-state index is -0.854. The van der Waals surface area contributed by atoms with Gasteiger partial charge in [0.05, 0.1) is 23.6 Å². The first-order valence-electron chi connectivity index (χ1n) is 8.55. The summed E-state index contributed by atoms with van der Waals surface area (Å²) in [6.45, 7) is 0. The summed E-state index contributed by atoms with van der Waals surface area (Å²) >= 11 is 0. The van der Waals surface area contributed by atoms with Crippen molar-refractivity contribution in [3.63, 3.8) is 0 Å². The van der Waals surface area contributed by atoms with Crippen molar-refractivity contribution in [2.75, 3.05) is 0 Å². The van der Waals surface area contributed by atoms with Crippen molar-refractivity contribution in [1.82, 2.24) is 0 Å². The minimum Gasteiger partial charge on any atom is -0.197 e. The van der Waals surface area contributed by atoms with Gasteiger partial charge in [-0.3, -0.25) is 0 Å². The molecule has 0 aromatic heterocycles. The molecular formula is C20H15N3. The molecule has 0 heterocycles. The second kappa shape index (κ2) is 3.16. The van der Waals surface area contributed by atoms with E-state index in [1.807, 2.05) is 6.07 Å². The van der Waals surface area contributed by atoms with Gasteiger partial charge in [-0.25, -0.2) is 0 Å². The minimum absolute atomic E-state index is 0.0853. The van der Waals surface area contributed by atoms with Gasteiger partial charge in [0.25, 0.3) is 0 Å². The fourth-order valence-electron chi connectivity index (χ4n) is 8.06. The number of fused-ring (bicyclic) bond motifs is 4. The van der Waals surface area contributed by atoms with E-state index in [1.54, 1.807) is 0 Å². The van der Waals surface area contributed by atoms with Crippen molar-refractivity contribution in [3.8, 4) is 18.2 Å². The molecule has 4 saturated carbocycles. The summed E-state index contributed by atoms with van der Waals surface area (Å²) in [5.74, 6) is 2.03. The zero-order valence-corrected chi connectivity index (χ0v) is 12.7. The lowest BCUT2D eigenvalue weighted by molar-refractivity contribution is 0.259. The molecule has 6 rings (SSSR count). The van der Waals surface area contributed by atoms with Gasteiger partial charge < -0.3 is 0 Å². The van der Waals surface area contributed by atoms with Crippen LogP contribution >= 0.6 is 0 Å². The lowest BCUT2D eigenvalue weighted by Crippen LogP contribution is -2.25. The third-order valence-corrected chi connectivity index (χ3v) is 8.32. The Morgan fingerprint density at radius 2 is 1.78 bits per heavy atom. The Morgan fingerprint density at radius 3 is 2.52 bits per heavy atom. The van der Waals surface area contributed by atoms with E-state index in [0.29, 0.717) is 30.1 Å². The number of nitriles is 3. The zero-order chi connectivity index (χ0) is 15.6. The van der Waals surface area contributed by atoms with E-state index >= 15 is 0 Å². The summed E-state index contributed by atoms with van der Waals surface area (Å²) in [7, 11) is 0. The number of hydrogen-bond donors (Lipinski definition) is 0. The maximum atomic E-state index is 10.2. The van der Waals surface area contributed by atoms with Crippen LogP contribution in [0.2, 0.25) is 0 Å². The van der Waals surface area contributed by atoms with Gasteiger partial charge in [-0.15, -0.1) is 0 Å². The van der Waals surface area contributed by atoms with Crippen LogP contribution in [0.25, 0.3) is 0 Å². The third-order valence-electron chi connectivity index (χ3n) is 8.32. The highest BCUT2D eigenvalue weighted by Gasteiger charge is 2.95. The van der Waals surface area contributed by atoms with Crippen molar-refractivity contribution in [2.24, 2.45) is 34.5 Å². The molecule has 3 heteroatoms. The van der Waals surface area contributed by atoms with Crippen LogP contribution in [0.5, 0.6) is 0 Å². The van der Waals surface area contributed by atoms with E-state index in [1.165, 1.54) is 11.1 Å². The maximum absolute atomic E-state index is 10.2. The van der Waals surface area contributed by atoms with Crippen molar-refractivity contribution >= 4 is 0 Å². The molecular weight excluding hydrogens is 282 g/mol. The average molecular weight is 297 g/mol. The summed E-state index contributed by atoms with van der Waals surface area (Å²) in [6.07, 6.45) is 2.74. The Balaban J connectivity index is 1.66. The number of nitrogens with zero attached hydrogens (tertiary/aromatic N) is 3. The van der Waals surface area contributed by atoms with Crippen molar-refractivity contribution in [2.45, 2.75) is 30.6 Å². The molecule has 7 atom stereocenters. The van der Waals surface area contributed by atoms with Gasteiger partial charge in [0.15, 0.2) is 0 Å². The molecule has 23 heavy (non-hydrogen) atoms. The molecule has 110 valence electrons. The number of benzene rings is 1. The van der Waals surface area contributed by atoms with E-state index in [9.17, 15) is 15.8 Å². The van der Waals surface area contributed by atoms with Gasteiger partial charge in [-0.2, -0.15) is 15.8 Å². The van der Waals surface area contributed by atoms with E-state index in [2.05, 4.69) is 36.4 Å². The summed E-state index contributed by atoms with van der Waals surface area (Å²) in [5, 5.41) is 29.8. The van der Waals surface area contributed by atoms with Gasteiger partial charge >= 0.3 is 0 Å². The van der Waals surface area contributed by atoms with Crippen LogP contribution in [0.4, 0.5) is 0 Å². The summed E-state index contributed by atoms with van der Waals surface area (Å²) in [6, 6.07) is 16.0. The van der Waals surface area contributed by atoms with Crippen LogP contribution in [-0.4, -0.2) is 0 Å². The van der Waals surface area contributed by atoms with Gasteiger partial charge in [-0.1, -0.05) is 24.3 Å². The number of rotatable bonds is 0. The van der Waals surface area contributed by atoms with Crippen LogP contribution in [0.3, 0.4) is 0 Å². The first-order valence-corrected chi connectivity index (χ1v) is 8.55. The fraction of sp³-hybridized carbons (Fsp3) is 0.550. The molecule has 1 spiro atoms. The molecule has 4 fully saturated rings. The molecule has 0 N–H and O–H groups in total. The molecule has 0 aliphatic heterocycles. The summed E-state index contributed by atoms with van der Waals surface area (Å²) < 4.78 is 0. The molecule has 1 aromatic carbocycles. The van der Waals surface area contributed by atoms with Gasteiger partial charge in [0, 0.05) is 5.41 Å². The molecule has 5 aliphatic rings. The molecule has 5 unspecified atom stereocenters. The Kier molecular flexibility index (Phi) is 1.67. The Bertz CT molecular complexity index is 898. The maximum Gasteiger partial charge on any atom is 0.147 e. The average Bonchev–Trinajstić information content (AvgIpc) is 3.02. The first kappa shape index (κ1) is 12.2. The van der Waals surface area contributed by atoms with Gasteiger partial charge in [-0.05, 0) is 60.0 Å². The quantitative estimate of drug-likeness (QED) is 0.738. The molecule has 0 bridgehead atoms. The highest BCUT2D eigenvalue weighted by atomic mass is 15.0. The highest BCUT2D eigenvalue weighted by molar-refractivity contribution is 5.66. The monoisotopic (exact) mass is 297 g/mol.